The van der Waals surface area contributed by atoms with Crippen LogP contribution in [0, 0.1) is 5.92 Å². The van der Waals surface area contributed by atoms with Gasteiger partial charge in [-0.25, -0.2) is 4.79 Å². The first-order valence-corrected chi connectivity index (χ1v) is 6.63. The predicted octanol–water partition coefficient (Wildman–Crippen LogP) is 3.88. The van der Waals surface area contributed by atoms with Crippen LogP contribution in [-0.2, 0) is 6.18 Å². The molecule has 7 heteroatoms. The zero-order valence-electron chi connectivity index (χ0n) is 12.2. The molecule has 1 aromatic carbocycles. The van der Waals surface area contributed by atoms with Gasteiger partial charge in [0.1, 0.15) is 5.75 Å². The number of nitrogens with one attached hydrogen (secondary N) is 2. The lowest BCUT2D eigenvalue weighted by molar-refractivity contribution is -0.137. The van der Waals surface area contributed by atoms with Crippen LogP contribution >= 0.6 is 0 Å². The van der Waals surface area contributed by atoms with Crippen molar-refractivity contribution in [3.8, 4) is 5.75 Å². The lowest BCUT2D eigenvalue weighted by Gasteiger charge is -2.15. The van der Waals surface area contributed by atoms with E-state index in [0.29, 0.717) is 6.54 Å². The smallest absolute Gasteiger partial charge is 0.416 e. The molecule has 2 N–H and O–H groups in total. The van der Waals surface area contributed by atoms with E-state index in [2.05, 4.69) is 10.6 Å². The van der Waals surface area contributed by atoms with Gasteiger partial charge in [0.05, 0.1) is 17.9 Å². The Morgan fingerprint density at radius 2 is 2.00 bits per heavy atom. The van der Waals surface area contributed by atoms with E-state index in [9.17, 15) is 18.0 Å². The fourth-order valence-electron chi connectivity index (χ4n) is 1.55. The molecule has 0 aromatic heterocycles. The SMILES string of the molecule is CCOc1ccc(C(F)(F)F)cc1NC(=O)NCC(C)C. The van der Waals surface area contributed by atoms with Crippen molar-refractivity contribution in [3.63, 3.8) is 0 Å². The monoisotopic (exact) mass is 304 g/mol. The molecular weight excluding hydrogens is 285 g/mol. The van der Waals surface area contributed by atoms with E-state index in [0.717, 1.165) is 12.1 Å². The van der Waals surface area contributed by atoms with Crippen LogP contribution < -0.4 is 15.4 Å². The van der Waals surface area contributed by atoms with E-state index in [1.165, 1.54) is 6.07 Å². The molecule has 1 rings (SSSR count). The van der Waals surface area contributed by atoms with Crippen molar-refractivity contribution in [3.05, 3.63) is 23.8 Å². The van der Waals surface area contributed by atoms with Crippen molar-refractivity contribution in [1.29, 1.82) is 0 Å². The van der Waals surface area contributed by atoms with E-state index in [1.54, 1.807) is 6.92 Å². The molecule has 2 amide bonds. The molecule has 0 aliphatic carbocycles. The Labute approximate surface area is 121 Å². The fourth-order valence-corrected chi connectivity index (χ4v) is 1.55. The van der Waals surface area contributed by atoms with Crippen LogP contribution in [0.2, 0.25) is 0 Å². The van der Waals surface area contributed by atoms with Crippen molar-refractivity contribution in [1.82, 2.24) is 5.32 Å². The van der Waals surface area contributed by atoms with Crippen molar-refractivity contribution < 1.29 is 22.7 Å². The highest BCUT2D eigenvalue weighted by atomic mass is 19.4. The van der Waals surface area contributed by atoms with Gasteiger partial charge in [-0.05, 0) is 31.0 Å². The maximum absolute atomic E-state index is 12.7. The molecule has 4 nitrogen and oxygen atoms in total. The quantitative estimate of drug-likeness (QED) is 0.867. The summed E-state index contributed by atoms with van der Waals surface area (Å²) >= 11 is 0. The summed E-state index contributed by atoms with van der Waals surface area (Å²) in [6.45, 7) is 6.25. The average Bonchev–Trinajstić information content (AvgIpc) is 2.37. The minimum Gasteiger partial charge on any atom is -0.492 e. The molecule has 0 atom stereocenters. The van der Waals surface area contributed by atoms with Gasteiger partial charge >= 0.3 is 12.2 Å². The number of hydrogen-bond acceptors (Lipinski definition) is 2. The van der Waals surface area contributed by atoms with E-state index >= 15 is 0 Å². The van der Waals surface area contributed by atoms with Crippen molar-refractivity contribution in [2.75, 3.05) is 18.5 Å². The van der Waals surface area contributed by atoms with Gasteiger partial charge in [0.25, 0.3) is 0 Å². The Bertz CT molecular complexity index is 488. The van der Waals surface area contributed by atoms with Crippen LogP contribution in [0.1, 0.15) is 26.3 Å². The molecule has 0 fully saturated rings. The number of ether oxygens (including phenoxy) is 1. The fraction of sp³-hybridized carbons (Fsp3) is 0.500. The molecular formula is C14H19F3N2O2. The highest BCUT2D eigenvalue weighted by molar-refractivity contribution is 5.91. The van der Waals surface area contributed by atoms with Crippen molar-refractivity contribution >= 4 is 11.7 Å². The van der Waals surface area contributed by atoms with Crippen LogP contribution in [0.5, 0.6) is 5.75 Å². The summed E-state index contributed by atoms with van der Waals surface area (Å²) in [7, 11) is 0. The number of halogens is 3. The minimum atomic E-state index is -4.48. The van der Waals surface area contributed by atoms with Gasteiger partial charge in [-0.15, -0.1) is 0 Å². The number of alkyl halides is 3. The Balaban J connectivity index is 2.93. The Hall–Kier alpha value is -1.92. The topological polar surface area (TPSA) is 50.4 Å². The summed E-state index contributed by atoms with van der Waals surface area (Å²) in [5.41, 5.74) is -0.849. The van der Waals surface area contributed by atoms with Gasteiger partial charge in [0.15, 0.2) is 0 Å². The van der Waals surface area contributed by atoms with Gasteiger partial charge in [0.2, 0.25) is 0 Å². The number of urea groups is 1. The first kappa shape index (κ1) is 17.1. The molecule has 0 spiro atoms. The molecule has 1 aromatic rings. The van der Waals surface area contributed by atoms with Gasteiger partial charge < -0.3 is 15.4 Å². The summed E-state index contributed by atoms with van der Waals surface area (Å²) in [4.78, 5) is 11.7. The van der Waals surface area contributed by atoms with Crippen LogP contribution in [0.3, 0.4) is 0 Å². The molecule has 0 bridgehead atoms. The number of rotatable bonds is 5. The largest absolute Gasteiger partial charge is 0.492 e. The standard InChI is InChI=1S/C14H19F3N2O2/c1-4-21-12-6-5-10(14(15,16)17)7-11(12)19-13(20)18-8-9(2)3/h5-7,9H,4,8H2,1-3H3,(H2,18,19,20). The minimum absolute atomic E-state index is 0.00655. The molecule has 0 radical (unpaired) electrons. The van der Waals surface area contributed by atoms with Crippen molar-refractivity contribution in [2.24, 2.45) is 5.92 Å². The first-order valence-electron chi connectivity index (χ1n) is 6.63. The third-order valence-corrected chi connectivity index (χ3v) is 2.53. The maximum atomic E-state index is 12.7. The zero-order valence-corrected chi connectivity index (χ0v) is 12.2. The second kappa shape index (κ2) is 7.19. The molecule has 0 saturated carbocycles. The summed E-state index contributed by atoms with van der Waals surface area (Å²) in [5, 5.41) is 4.96. The average molecular weight is 304 g/mol. The Kier molecular flexibility index (Phi) is 5.87. The molecule has 0 unspecified atom stereocenters. The third kappa shape index (κ3) is 5.53. The normalized spacial score (nSPS) is 11.4. The molecule has 21 heavy (non-hydrogen) atoms. The second-order valence-electron chi connectivity index (χ2n) is 4.87. The number of benzene rings is 1. The molecule has 118 valence electrons. The molecule has 0 heterocycles. The number of anilines is 1. The molecule has 0 aliphatic rings. The van der Waals surface area contributed by atoms with Crippen LogP contribution in [0.4, 0.5) is 23.7 Å². The molecule has 0 saturated heterocycles. The number of amides is 2. The van der Waals surface area contributed by atoms with Gasteiger partial charge in [-0.1, -0.05) is 13.8 Å². The second-order valence-corrected chi connectivity index (χ2v) is 4.87. The van der Waals surface area contributed by atoms with E-state index in [-0.39, 0.29) is 24.0 Å². The van der Waals surface area contributed by atoms with Crippen molar-refractivity contribution in [2.45, 2.75) is 26.9 Å². The van der Waals surface area contributed by atoms with Gasteiger partial charge in [-0.2, -0.15) is 13.2 Å². The van der Waals surface area contributed by atoms with E-state index < -0.39 is 17.8 Å². The lowest BCUT2D eigenvalue weighted by Crippen LogP contribution is -2.31. The summed E-state index contributed by atoms with van der Waals surface area (Å²) in [5.74, 6) is 0.439. The number of carbonyl (C=O) groups is 1. The van der Waals surface area contributed by atoms with Crippen LogP contribution in [0.15, 0.2) is 18.2 Å². The van der Waals surface area contributed by atoms with Gasteiger partial charge in [-0.3, -0.25) is 0 Å². The zero-order chi connectivity index (χ0) is 16.0. The number of carbonyl (C=O) groups excluding carboxylic acids is 1. The third-order valence-electron chi connectivity index (χ3n) is 2.53. The van der Waals surface area contributed by atoms with E-state index in [1.807, 2.05) is 13.8 Å². The maximum Gasteiger partial charge on any atom is 0.416 e. The highest BCUT2D eigenvalue weighted by Gasteiger charge is 2.31. The van der Waals surface area contributed by atoms with Gasteiger partial charge in [0, 0.05) is 6.54 Å². The van der Waals surface area contributed by atoms with Crippen LogP contribution in [0.25, 0.3) is 0 Å². The molecule has 0 aliphatic heterocycles. The Morgan fingerprint density at radius 1 is 1.33 bits per heavy atom. The first-order chi connectivity index (χ1) is 9.74. The Morgan fingerprint density at radius 3 is 2.52 bits per heavy atom. The summed E-state index contributed by atoms with van der Waals surface area (Å²) in [6, 6.07) is 2.41. The summed E-state index contributed by atoms with van der Waals surface area (Å²) < 4.78 is 43.3. The lowest BCUT2D eigenvalue weighted by atomic mass is 10.1. The predicted molar refractivity (Wildman–Crippen MR) is 74.5 cm³/mol. The van der Waals surface area contributed by atoms with E-state index in [4.69, 9.17) is 4.74 Å². The number of hydrogen-bond donors (Lipinski definition) is 2. The van der Waals surface area contributed by atoms with Crippen LogP contribution in [-0.4, -0.2) is 19.2 Å². The highest BCUT2D eigenvalue weighted by Crippen LogP contribution is 2.35. The summed E-state index contributed by atoms with van der Waals surface area (Å²) in [6.07, 6.45) is -4.48.